The maximum absolute atomic E-state index is 5.61. The van der Waals surface area contributed by atoms with Crippen LogP contribution in [0.2, 0.25) is 0 Å². The van der Waals surface area contributed by atoms with Gasteiger partial charge in [0.05, 0.1) is 6.33 Å². The van der Waals surface area contributed by atoms with E-state index >= 15 is 0 Å². The van der Waals surface area contributed by atoms with E-state index in [1.807, 2.05) is 0 Å². The van der Waals surface area contributed by atoms with Gasteiger partial charge in [0.15, 0.2) is 18.0 Å². The minimum atomic E-state index is -0.352. The van der Waals surface area contributed by atoms with Gasteiger partial charge in [0.1, 0.15) is 5.69 Å². The number of nitrogens with zero attached hydrogens (tertiary/aromatic N) is 2. The predicted molar refractivity (Wildman–Crippen MR) is 57.4 cm³/mol. The van der Waals surface area contributed by atoms with Crippen LogP contribution in [0.3, 0.4) is 0 Å². The molecule has 1 aromatic heterocycles. The highest BCUT2D eigenvalue weighted by atomic mass is 16.5. The normalized spacial score (nSPS) is 19.3. The van der Waals surface area contributed by atoms with Gasteiger partial charge < -0.3 is 20.8 Å². The van der Waals surface area contributed by atoms with Gasteiger partial charge in [0.25, 0.3) is 0 Å². The average molecular weight is 209 g/mol. The Morgan fingerprint density at radius 2 is 2.47 bits per heavy atom. The van der Waals surface area contributed by atoms with Crippen LogP contribution in [0.15, 0.2) is 11.3 Å². The number of unbranched alkanes of at least 4 members (excludes halogenated alkanes) is 1. The number of nitrogens with two attached hydrogens (primary N) is 1. The number of fused-ring (bicyclic) bond motifs is 1. The van der Waals surface area contributed by atoms with Gasteiger partial charge in [-0.3, -0.25) is 0 Å². The third kappa shape index (κ3) is 2.10. The maximum Gasteiger partial charge on any atom is 0.197 e. The summed E-state index contributed by atoms with van der Waals surface area (Å²) in [6, 6.07) is 0. The number of hydrogen-bond acceptors (Lipinski definition) is 5. The Balaban J connectivity index is 2.06. The van der Waals surface area contributed by atoms with E-state index in [-0.39, 0.29) is 6.23 Å². The number of H-pyrrole nitrogens is 1. The zero-order valence-electron chi connectivity index (χ0n) is 8.66. The number of nitrogens with one attached hydrogen (secondary N) is 2. The molecule has 1 aliphatic rings. The zero-order valence-corrected chi connectivity index (χ0v) is 8.66. The summed E-state index contributed by atoms with van der Waals surface area (Å²) in [4.78, 5) is 11.2. The fourth-order valence-electron chi connectivity index (χ4n) is 1.40. The van der Waals surface area contributed by atoms with E-state index in [9.17, 15) is 0 Å². The third-order valence-electron chi connectivity index (χ3n) is 2.19. The molecule has 6 nitrogen and oxygen atoms in total. The van der Waals surface area contributed by atoms with Crippen LogP contribution in [0.1, 0.15) is 31.7 Å². The Morgan fingerprint density at radius 1 is 1.60 bits per heavy atom. The Hall–Kier alpha value is -1.56. The molecule has 0 spiro atoms. The number of aromatic nitrogens is 2. The molecule has 0 aromatic carbocycles. The molecule has 2 rings (SSSR count). The highest BCUT2D eigenvalue weighted by molar-refractivity contribution is 5.93. The van der Waals surface area contributed by atoms with Gasteiger partial charge in [-0.1, -0.05) is 13.3 Å². The molecule has 1 unspecified atom stereocenters. The Morgan fingerprint density at radius 3 is 3.27 bits per heavy atom. The van der Waals surface area contributed by atoms with Crippen molar-refractivity contribution in [1.29, 1.82) is 0 Å². The van der Waals surface area contributed by atoms with Crippen molar-refractivity contribution in [2.45, 2.75) is 26.0 Å². The molecule has 0 saturated carbocycles. The van der Waals surface area contributed by atoms with Gasteiger partial charge in [-0.15, -0.1) is 0 Å². The number of anilines is 1. The summed E-state index contributed by atoms with van der Waals surface area (Å²) < 4.78 is 5.60. The first-order chi connectivity index (χ1) is 7.31. The van der Waals surface area contributed by atoms with Gasteiger partial charge in [-0.2, -0.15) is 0 Å². The molecule has 2 heterocycles. The molecule has 82 valence electrons. The zero-order chi connectivity index (χ0) is 10.7. The summed E-state index contributed by atoms with van der Waals surface area (Å²) in [5, 5.41) is 2.87. The second kappa shape index (κ2) is 4.31. The number of aromatic amines is 1. The summed E-state index contributed by atoms with van der Waals surface area (Å²) in [7, 11) is 0. The van der Waals surface area contributed by atoms with Crippen LogP contribution < -0.4 is 11.1 Å². The van der Waals surface area contributed by atoms with Crippen LogP contribution in [0.5, 0.6) is 0 Å². The first-order valence-corrected chi connectivity index (χ1v) is 5.06. The number of aliphatic imine (C=N–C) groups is 1. The van der Waals surface area contributed by atoms with Crippen molar-refractivity contribution in [2.24, 2.45) is 10.7 Å². The van der Waals surface area contributed by atoms with Crippen LogP contribution in [0.4, 0.5) is 5.82 Å². The van der Waals surface area contributed by atoms with E-state index in [0.29, 0.717) is 18.4 Å². The van der Waals surface area contributed by atoms with Crippen molar-refractivity contribution in [2.75, 3.05) is 11.9 Å². The number of hydrogen-bond donors (Lipinski definition) is 3. The Kier molecular flexibility index (Phi) is 2.86. The van der Waals surface area contributed by atoms with Crippen LogP contribution in [-0.2, 0) is 4.74 Å². The Labute approximate surface area is 87.9 Å². The average Bonchev–Trinajstić information content (AvgIpc) is 2.65. The molecule has 0 amide bonds. The van der Waals surface area contributed by atoms with Crippen molar-refractivity contribution in [3.8, 4) is 0 Å². The lowest BCUT2D eigenvalue weighted by molar-refractivity contribution is 0.0541. The number of rotatable bonds is 4. The lowest BCUT2D eigenvalue weighted by Gasteiger charge is -2.19. The molecule has 15 heavy (non-hydrogen) atoms. The number of ether oxygens (including phenoxy) is 1. The molecule has 1 aliphatic heterocycles. The van der Waals surface area contributed by atoms with Crippen molar-refractivity contribution < 1.29 is 4.74 Å². The smallest absolute Gasteiger partial charge is 0.197 e. The number of imidazole rings is 1. The van der Waals surface area contributed by atoms with Gasteiger partial charge in [0, 0.05) is 6.61 Å². The highest BCUT2D eigenvalue weighted by Crippen LogP contribution is 2.26. The van der Waals surface area contributed by atoms with Crippen molar-refractivity contribution in [1.82, 2.24) is 9.97 Å². The molecular formula is C9H15N5O. The van der Waals surface area contributed by atoms with Gasteiger partial charge in [-0.05, 0) is 6.42 Å². The topological polar surface area (TPSA) is 88.3 Å². The SMILES string of the molecule is CCCCOC1N=C(N)Nc2nc[nH]c21. The first-order valence-electron chi connectivity index (χ1n) is 5.06. The second-order valence-electron chi connectivity index (χ2n) is 3.38. The molecule has 0 aliphatic carbocycles. The van der Waals surface area contributed by atoms with E-state index in [0.717, 1.165) is 18.5 Å². The summed E-state index contributed by atoms with van der Waals surface area (Å²) >= 11 is 0. The fraction of sp³-hybridized carbons (Fsp3) is 0.556. The summed E-state index contributed by atoms with van der Waals surface area (Å²) in [5.74, 6) is 1.04. The molecule has 0 radical (unpaired) electrons. The quantitative estimate of drug-likeness (QED) is 0.644. The van der Waals surface area contributed by atoms with Crippen LogP contribution >= 0.6 is 0 Å². The highest BCUT2D eigenvalue weighted by Gasteiger charge is 2.22. The molecular weight excluding hydrogens is 194 g/mol. The summed E-state index contributed by atoms with van der Waals surface area (Å²) in [6.45, 7) is 2.79. The van der Waals surface area contributed by atoms with E-state index in [4.69, 9.17) is 10.5 Å². The molecule has 0 bridgehead atoms. The summed E-state index contributed by atoms with van der Waals surface area (Å²) in [5.41, 5.74) is 6.44. The van der Waals surface area contributed by atoms with Crippen molar-refractivity contribution >= 4 is 11.8 Å². The molecule has 0 fully saturated rings. The maximum atomic E-state index is 5.61. The minimum Gasteiger partial charge on any atom is -0.370 e. The molecule has 6 heteroatoms. The van der Waals surface area contributed by atoms with Crippen LogP contribution in [-0.4, -0.2) is 22.5 Å². The standard InChI is InChI=1S/C9H15N5O/c1-2-3-4-15-8-6-7(12-5-11-6)13-9(10)14-8/h5,8H,2-4H2,1H3,(H,11,12)(H3,10,13,14). The first kappa shape index (κ1) is 9.97. The molecule has 0 saturated heterocycles. The minimum absolute atomic E-state index is 0.344. The monoisotopic (exact) mass is 209 g/mol. The molecule has 1 atom stereocenters. The lowest BCUT2D eigenvalue weighted by Crippen LogP contribution is -2.28. The summed E-state index contributed by atoms with van der Waals surface area (Å²) in [6.07, 6.45) is 3.36. The lowest BCUT2D eigenvalue weighted by atomic mass is 10.3. The predicted octanol–water partition coefficient (Wildman–Crippen LogP) is 0.965. The van der Waals surface area contributed by atoms with Gasteiger partial charge >= 0.3 is 0 Å². The number of guanidine groups is 1. The molecule has 1 aromatic rings. The van der Waals surface area contributed by atoms with Crippen LogP contribution in [0.25, 0.3) is 0 Å². The van der Waals surface area contributed by atoms with E-state index in [1.165, 1.54) is 0 Å². The van der Waals surface area contributed by atoms with Gasteiger partial charge in [0.2, 0.25) is 0 Å². The second-order valence-corrected chi connectivity index (χ2v) is 3.38. The van der Waals surface area contributed by atoms with Crippen LogP contribution in [0, 0.1) is 0 Å². The van der Waals surface area contributed by atoms with Crippen molar-refractivity contribution in [3.63, 3.8) is 0 Å². The third-order valence-corrected chi connectivity index (χ3v) is 2.19. The van der Waals surface area contributed by atoms with Gasteiger partial charge in [-0.25, -0.2) is 9.98 Å². The van der Waals surface area contributed by atoms with E-state index in [2.05, 4.69) is 27.2 Å². The van der Waals surface area contributed by atoms with Crippen molar-refractivity contribution in [3.05, 3.63) is 12.0 Å². The largest absolute Gasteiger partial charge is 0.370 e. The van der Waals surface area contributed by atoms with E-state index < -0.39 is 0 Å². The fourth-order valence-corrected chi connectivity index (χ4v) is 1.40. The molecule has 4 N–H and O–H groups in total. The van der Waals surface area contributed by atoms with E-state index in [1.54, 1.807) is 6.33 Å². The Bertz CT molecular complexity index is 359.